The lowest BCUT2D eigenvalue weighted by molar-refractivity contribution is 0.207. The minimum absolute atomic E-state index is 0.142. The normalized spacial score (nSPS) is 12.4. The van der Waals surface area contributed by atoms with Gasteiger partial charge < -0.3 is 15.2 Å². The number of hydrogen-bond donors (Lipinski definition) is 2. The third-order valence-corrected chi connectivity index (χ3v) is 3.84. The van der Waals surface area contributed by atoms with Crippen molar-refractivity contribution in [2.45, 2.75) is 19.9 Å². The van der Waals surface area contributed by atoms with E-state index < -0.39 is 0 Å². The van der Waals surface area contributed by atoms with Gasteiger partial charge >= 0.3 is 6.03 Å². The zero-order valence-corrected chi connectivity index (χ0v) is 13.0. The number of benzene rings is 1. The summed E-state index contributed by atoms with van der Waals surface area (Å²) in [7, 11) is 1.74. The van der Waals surface area contributed by atoms with Crippen LogP contribution in [0.4, 0.5) is 4.79 Å². The summed E-state index contributed by atoms with van der Waals surface area (Å²) in [6, 6.07) is 3.05. The average Bonchev–Trinajstić information content (AvgIpc) is 2.81. The highest BCUT2D eigenvalue weighted by molar-refractivity contribution is 6.42. The maximum Gasteiger partial charge on any atom is 0.317 e. The molecule has 0 fully saturated rings. The highest BCUT2D eigenvalue weighted by Crippen LogP contribution is 2.27. The minimum atomic E-state index is -0.235. The molecule has 0 radical (unpaired) electrons. The molecule has 2 amide bonds. The second kappa shape index (κ2) is 5.89. The summed E-state index contributed by atoms with van der Waals surface area (Å²) in [5, 5.41) is 3.79. The minimum Gasteiger partial charge on any atom is -0.340 e. The van der Waals surface area contributed by atoms with Gasteiger partial charge in [0, 0.05) is 13.6 Å². The molecule has 5 nitrogen and oxygen atoms in total. The van der Waals surface area contributed by atoms with E-state index in [1.165, 1.54) is 0 Å². The van der Waals surface area contributed by atoms with Crippen molar-refractivity contribution in [3.05, 3.63) is 28.0 Å². The van der Waals surface area contributed by atoms with Gasteiger partial charge in [-0.1, -0.05) is 23.2 Å². The molecule has 0 aliphatic rings. The first kappa shape index (κ1) is 14.9. The number of imidazole rings is 1. The van der Waals surface area contributed by atoms with Crippen LogP contribution in [0, 0.1) is 0 Å². The first-order chi connectivity index (χ1) is 9.42. The van der Waals surface area contributed by atoms with Crippen LogP contribution < -0.4 is 5.32 Å². The number of fused-ring (bicyclic) bond motifs is 1. The van der Waals surface area contributed by atoms with Gasteiger partial charge in [-0.2, -0.15) is 0 Å². The number of rotatable bonds is 3. The fourth-order valence-corrected chi connectivity index (χ4v) is 2.06. The summed E-state index contributed by atoms with van der Waals surface area (Å²) in [5.74, 6) is 0.663. The Balaban J connectivity index is 2.22. The van der Waals surface area contributed by atoms with Crippen LogP contribution >= 0.6 is 23.2 Å². The lowest BCUT2D eigenvalue weighted by Gasteiger charge is -2.18. The van der Waals surface area contributed by atoms with E-state index in [1.54, 1.807) is 24.1 Å². The molecule has 1 atom stereocenters. The third kappa shape index (κ3) is 2.99. The molecule has 1 heterocycles. The smallest absolute Gasteiger partial charge is 0.317 e. The van der Waals surface area contributed by atoms with Crippen LogP contribution in [-0.2, 0) is 0 Å². The quantitative estimate of drug-likeness (QED) is 0.909. The fourth-order valence-electron chi connectivity index (χ4n) is 1.74. The topological polar surface area (TPSA) is 61.0 Å². The van der Waals surface area contributed by atoms with Crippen molar-refractivity contribution >= 4 is 40.3 Å². The zero-order valence-electron chi connectivity index (χ0n) is 11.5. The average molecular weight is 315 g/mol. The lowest BCUT2D eigenvalue weighted by Crippen LogP contribution is -2.38. The lowest BCUT2D eigenvalue weighted by atomic mass is 10.3. The van der Waals surface area contributed by atoms with Crippen molar-refractivity contribution in [3.8, 4) is 0 Å². The Morgan fingerprint density at radius 1 is 1.45 bits per heavy atom. The summed E-state index contributed by atoms with van der Waals surface area (Å²) in [6.07, 6.45) is 0. The number of halogens is 2. The molecule has 0 unspecified atom stereocenters. The van der Waals surface area contributed by atoms with Crippen LogP contribution in [0.15, 0.2) is 12.1 Å². The largest absolute Gasteiger partial charge is 0.340 e. The molecule has 2 rings (SSSR count). The van der Waals surface area contributed by atoms with E-state index in [-0.39, 0.29) is 12.1 Å². The number of hydrogen-bond acceptors (Lipinski definition) is 2. The van der Waals surface area contributed by atoms with Gasteiger partial charge in [-0.3, -0.25) is 0 Å². The third-order valence-electron chi connectivity index (χ3n) is 3.11. The summed E-state index contributed by atoms with van der Waals surface area (Å²) in [6.45, 7) is 4.42. The molecular formula is C13H16Cl2N4O. The van der Waals surface area contributed by atoms with Gasteiger partial charge in [0.1, 0.15) is 5.82 Å². The van der Waals surface area contributed by atoms with Gasteiger partial charge in [-0.05, 0) is 26.0 Å². The molecule has 0 aliphatic heterocycles. The maximum absolute atomic E-state index is 11.8. The number of carbonyl (C=O) groups excluding carboxylic acids is 1. The Bertz CT molecular complexity index is 602. The Hall–Kier alpha value is -1.46. The number of H-pyrrole nitrogens is 1. The maximum atomic E-state index is 11.8. The monoisotopic (exact) mass is 314 g/mol. The molecule has 0 bridgehead atoms. The van der Waals surface area contributed by atoms with Gasteiger partial charge in [-0.15, -0.1) is 0 Å². The number of nitrogens with zero attached hydrogens (tertiary/aromatic N) is 2. The Morgan fingerprint density at radius 3 is 2.75 bits per heavy atom. The van der Waals surface area contributed by atoms with Crippen LogP contribution in [0.5, 0.6) is 0 Å². The predicted molar refractivity (Wildman–Crippen MR) is 81.4 cm³/mol. The van der Waals surface area contributed by atoms with E-state index in [1.807, 2.05) is 13.8 Å². The zero-order chi connectivity index (χ0) is 14.9. The van der Waals surface area contributed by atoms with Gasteiger partial charge in [-0.25, -0.2) is 9.78 Å². The van der Waals surface area contributed by atoms with Crippen LogP contribution in [0.1, 0.15) is 25.7 Å². The number of aromatic nitrogens is 2. The second-order valence-corrected chi connectivity index (χ2v) is 5.41. The summed E-state index contributed by atoms with van der Waals surface area (Å²) < 4.78 is 0. The van der Waals surface area contributed by atoms with E-state index in [0.29, 0.717) is 22.4 Å². The molecule has 1 aromatic carbocycles. The SMILES string of the molecule is CCN(C)C(=O)N[C@@H](C)c1nc2cc(Cl)c(Cl)cc2[nH]1. The first-order valence-electron chi connectivity index (χ1n) is 6.28. The molecule has 0 saturated heterocycles. The van der Waals surface area contributed by atoms with Crippen molar-refractivity contribution in [2.75, 3.05) is 13.6 Å². The summed E-state index contributed by atoms with van der Waals surface area (Å²) in [5.41, 5.74) is 1.51. The van der Waals surface area contributed by atoms with Crippen molar-refractivity contribution < 1.29 is 4.79 Å². The Labute approximate surface area is 127 Å². The fraction of sp³-hybridized carbons (Fsp3) is 0.385. The van der Waals surface area contributed by atoms with Crippen LogP contribution in [0.3, 0.4) is 0 Å². The molecular weight excluding hydrogens is 299 g/mol. The van der Waals surface area contributed by atoms with E-state index in [2.05, 4.69) is 15.3 Å². The molecule has 7 heteroatoms. The molecule has 2 aromatic rings. The molecule has 2 N–H and O–H groups in total. The summed E-state index contributed by atoms with van der Waals surface area (Å²) >= 11 is 11.9. The van der Waals surface area contributed by atoms with Crippen molar-refractivity contribution in [3.63, 3.8) is 0 Å². The Morgan fingerprint density at radius 2 is 2.10 bits per heavy atom. The highest BCUT2D eigenvalue weighted by Gasteiger charge is 2.16. The van der Waals surface area contributed by atoms with Crippen LogP contribution in [-0.4, -0.2) is 34.5 Å². The van der Waals surface area contributed by atoms with Gasteiger partial charge in [0.05, 0.1) is 27.1 Å². The van der Waals surface area contributed by atoms with Gasteiger partial charge in [0.2, 0.25) is 0 Å². The number of amides is 2. The second-order valence-electron chi connectivity index (χ2n) is 4.59. The van der Waals surface area contributed by atoms with Crippen molar-refractivity contribution in [2.24, 2.45) is 0 Å². The molecule has 0 saturated carbocycles. The Kier molecular flexibility index (Phi) is 4.40. The van der Waals surface area contributed by atoms with E-state index in [0.717, 1.165) is 11.0 Å². The van der Waals surface area contributed by atoms with Gasteiger partial charge in [0.25, 0.3) is 0 Å². The van der Waals surface area contributed by atoms with E-state index >= 15 is 0 Å². The van der Waals surface area contributed by atoms with Crippen molar-refractivity contribution in [1.82, 2.24) is 20.2 Å². The first-order valence-corrected chi connectivity index (χ1v) is 7.04. The molecule has 1 aromatic heterocycles. The standard InChI is InChI=1S/C13H16Cl2N4O/c1-4-19(3)13(20)16-7(2)12-17-10-5-8(14)9(15)6-11(10)18-12/h5-7H,4H2,1-3H3,(H,16,20)(H,17,18)/t7-/m0/s1. The van der Waals surface area contributed by atoms with Crippen LogP contribution in [0.2, 0.25) is 10.0 Å². The molecule has 0 spiro atoms. The number of urea groups is 1. The summed E-state index contributed by atoms with van der Waals surface area (Å²) in [4.78, 5) is 21.0. The number of carbonyl (C=O) groups is 1. The number of nitrogens with one attached hydrogen (secondary N) is 2. The highest BCUT2D eigenvalue weighted by atomic mass is 35.5. The number of aromatic amines is 1. The van der Waals surface area contributed by atoms with Crippen molar-refractivity contribution in [1.29, 1.82) is 0 Å². The predicted octanol–water partition coefficient (Wildman–Crippen LogP) is 3.59. The molecule has 0 aliphatic carbocycles. The van der Waals surface area contributed by atoms with Crippen LogP contribution in [0.25, 0.3) is 11.0 Å². The molecule has 20 heavy (non-hydrogen) atoms. The molecule has 108 valence electrons. The van der Waals surface area contributed by atoms with Gasteiger partial charge in [0.15, 0.2) is 0 Å². The van der Waals surface area contributed by atoms with E-state index in [4.69, 9.17) is 23.2 Å². The van der Waals surface area contributed by atoms with E-state index in [9.17, 15) is 4.79 Å².